The molecule has 31 nitrogen and oxygen atoms in total. The van der Waals surface area contributed by atoms with Crippen LogP contribution >= 0.6 is 69.0 Å². The number of hydrogen-bond donors (Lipinski definition) is 0. The molecule has 37 heteroatoms. The molecular formula is C47H70N26O5S6. The first-order valence-corrected chi connectivity index (χ1v) is 29.1. The van der Waals surface area contributed by atoms with Crippen molar-refractivity contribution < 1.29 is 22.5 Å². The van der Waals surface area contributed by atoms with Gasteiger partial charge in [-0.15, -0.1) is 57.2 Å². The molecule has 0 aromatic carbocycles. The van der Waals surface area contributed by atoms with E-state index in [0.717, 1.165) is 37.8 Å². The van der Waals surface area contributed by atoms with E-state index in [2.05, 4.69) is 137 Å². The van der Waals surface area contributed by atoms with Gasteiger partial charge in [0.05, 0.1) is 36.4 Å². The van der Waals surface area contributed by atoms with Crippen molar-refractivity contribution in [3.63, 3.8) is 0 Å². The molecule has 0 saturated heterocycles. The highest BCUT2D eigenvalue weighted by Gasteiger charge is 1.92. The summed E-state index contributed by atoms with van der Waals surface area (Å²) in [5, 5.41) is 49.9. The van der Waals surface area contributed by atoms with Crippen LogP contribution in [0.3, 0.4) is 0 Å². The van der Waals surface area contributed by atoms with Crippen molar-refractivity contribution in [3.05, 3.63) is 163 Å². The number of rotatable bonds is 0. The van der Waals surface area contributed by atoms with Crippen LogP contribution in [0.2, 0.25) is 0 Å². The highest BCUT2D eigenvalue weighted by Crippen LogP contribution is 2.04. The fraction of sp³-hybridized carbons (Fsp3) is 0.404. The third-order valence-corrected chi connectivity index (χ3v) is 11.5. The standard InChI is InChI=1S/2C5H8N2.C4H6N2O.C4H6N2S.4C3H4N2O.5C3H4N2S.C2H6/c2*1-5-3-6-4-7(5)2;1-3-5-6-4(2)7-3;1-3-4(2)7-6-5-3;1-3-5-4-2-6-3;1-3-4-2-6-5-3;1-3-4-2-5-6-3;1-3-2-4-6-5-3;1-3-5-4-2-6-3;1-3-4-2-6-5-3;1-3-4-2-5-6-3;1-3-2-6-5-4-3;1-3-2-4-5-6-3;1-2/h2*3-4H,1-2H3;2*1-2H3;9*2H,1H3;1-2H3. The largest absolute Gasteiger partial charge is 0.428 e. The van der Waals surface area contributed by atoms with Gasteiger partial charge in [0, 0.05) is 80.7 Å². The Kier molecular flexibility index (Phi) is 44.1. The SMILES string of the molecule is CC.Cc1cncn1C.Cc1cncn1C.Cc1cnns1.Cc1cnon1.Cc1csnn1.Cc1ncno1.Cc1ncns1.Cc1ncon1.Cc1ncsn1.Cc1nnc(C)o1.Cc1nnco1.Cc1nncs1.Cc1nnsc1C. The van der Waals surface area contributed by atoms with Crippen LogP contribution in [0.15, 0.2) is 102 Å². The van der Waals surface area contributed by atoms with Gasteiger partial charge in [-0.25, -0.2) is 24.6 Å². The molecule has 13 rings (SSSR count). The molecule has 13 aromatic rings. The van der Waals surface area contributed by atoms with Gasteiger partial charge in [0.1, 0.15) is 38.9 Å². The lowest BCUT2D eigenvalue weighted by atomic mass is 10.4. The molecule has 0 radical (unpaired) electrons. The zero-order chi connectivity index (χ0) is 62.8. The lowest BCUT2D eigenvalue weighted by Gasteiger charge is -1.87. The fourth-order valence-electron chi connectivity index (χ4n) is 3.52. The second-order valence-corrected chi connectivity index (χ2v) is 20.1. The van der Waals surface area contributed by atoms with Gasteiger partial charge in [-0.2, -0.15) is 18.7 Å². The molecule has 0 amide bonds. The van der Waals surface area contributed by atoms with E-state index in [4.69, 9.17) is 4.42 Å². The molecule has 0 bridgehead atoms. The molecule has 0 aliphatic rings. The zero-order valence-corrected chi connectivity index (χ0v) is 55.0. The first-order valence-electron chi connectivity index (χ1n) is 24.2. The predicted molar refractivity (Wildman–Crippen MR) is 320 cm³/mol. The second-order valence-electron chi connectivity index (χ2n) is 15.0. The van der Waals surface area contributed by atoms with Crippen LogP contribution in [-0.4, -0.2) is 128 Å². The Hall–Kier alpha value is -8.52. The monoisotopic (exact) mass is 1270 g/mol. The van der Waals surface area contributed by atoms with E-state index in [9.17, 15) is 0 Å². The van der Waals surface area contributed by atoms with E-state index in [1.807, 2.05) is 124 Å². The van der Waals surface area contributed by atoms with Crippen molar-refractivity contribution in [3.8, 4) is 0 Å². The first kappa shape index (κ1) is 75.5. The van der Waals surface area contributed by atoms with E-state index in [1.165, 1.54) is 93.0 Å². The van der Waals surface area contributed by atoms with Crippen molar-refractivity contribution in [2.45, 2.75) is 118 Å². The number of aryl methyl sites for hydroxylation is 17. The van der Waals surface area contributed by atoms with Crippen molar-refractivity contribution in [1.29, 1.82) is 0 Å². The predicted octanol–water partition coefficient (Wildman–Crippen LogP) is 10.1. The maximum absolute atomic E-state index is 4.86. The van der Waals surface area contributed by atoms with Crippen molar-refractivity contribution in [1.82, 2.24) is 128 Å². The average Bonchev–Trinajstić information content (AvgIpc) is 4.29. The summed E-state index contributed by atoms with van der Waals surface area (Å²) in [6.45, 7) is 32.2. The van der Waals surface area contributed by atoms with E-state index in [0.29, 0.717) is 29.4 Å². The fourth-order valence-corrected chi connectivity index (χ4v) is 5.85. The van der Waals surface area contributed by atoms with E-state index < -0.39 is 0 Å². The third kappa shape index (κ3) is 44.2. The highest BCUT2D eigenvalue weighted by molar-refractivity contribution is 7.09. The highest BCUT2D eigenvalue weighted by atomic mass is 32.1. The Balaban J connectivity index is 0.000000887. The first-order chi connectivity index (χ1) is 40.2. The molecule has 0 N–H and O–H groups in total. The van der Waals surface area contributed by atoms with E-state index in [1.54, 1.807) is 88.4 Å². The molecule has 0 saturated carbocycles. The van der Waals surface area contributed by atoms with Crippen LogP contribution in [0.1, 0.15) is 97.3 Å². The van der Waals surface area contributed by atoms with Gasteiger partial charge < -0.3 is 27.0 Å². The quantitative estimate of drug-likeness (QED) is 0.136. The topological polar surface area (TPSA) is 385 Å². The average molecular weight is 1270 g/mol. The molecule has 0 spiro atoms. The zero-order valence-electron chi connectivity index (χ0n) is 50.1. The normalized spacial score (nSPS) is 8.89. The maximum Gasteiger partial charge on any atom is 0.223 e. The van der Waals surface area contributed by atoms with Crippen LogP contribution in [0.5, 0.6) is 0 Å². The summed E-state index contributed by atoms with van der Waals surface area (Å²) < 4.78 is 45.0. The summed E-state index contributed by atoms with van der Waals surface area (Å²) >= 11 is 8.59. The molecule has 13 heterocycles. The molecule has 0 aliphatic heterocycles. The summed E-state index contributed by atoms with van der Waals surface area (Å²) in [5.74, 6) is 4.00. The summed E-state index contributed by atoms with van der Waals surface area (Å²) in [7, 11) is 3.95. The van der Waals surface area contributed by atoms with Gasteiger partial charge >= 0.3 is 0 Å². The Morgan fingerprint density at radius 1 is 0.500 bits per heavy atom. The summed E-state index contributed by atoms with van der Waals surface area (Å²) in [6, 6.07) is 0. The number of nitrogens with zero attached hydrogens (tertiary/aromatic N) is 26. The number of aromatic nitrogens is 26. The van der Waals surface area contributed by atoms with Gasteiger partial charge in [-0.05, 0) is 134 Å². The minimum atomic E-state index is 0.606. The van der Waals surface area contributed by atoms with Crippen molar-refractivity contribution >= 4 is 69.0 Å². The molecule has 13 aromatic heterocycles. The van der Waals surface area contributed by atoms with Gasteiger partial charge in [-0.1, -0.05) is 47.9 Å². The smallest absolute Gasteiger partial charge is 0.223 e. The van der Waals surface area contributed by atoms with Gasteiger partial charge in [-0.3, -0.25) is 0 Å². The Bertz CT molecular complexity index is 2680. The van der Waals surface area contributed by atoms with Crippen LogP contribution in [0, 0.1) is 104 Å². The molecule has 454 valence electrons. The van der Waals surface area contributed by atoms with Crippen LogP contribution in [0.25, 0.3) is 0 Å². The molecule has 0 aliphatic carbocycles. The van der Waals surface area contributed by atoms with Crippen LogP contribution < -0.4 is 0 Å². The summed E-state index contributed by atoms with van der Waals surface area (Å²) in [5.41, 5.74) is 8.69. The van der Waals surface area contributed by atoms with Crippen molar-refractivity contribution in [2.24, 2.45) is 14.1 Å². The molecule has 0 unspecified atom stereocenters. The van der Waals surface area contributed by atoms with Crippen LogP contribution in [-0.2, 0) is 14.1 Å². The number of imidazole rings is 2. The van der Waals surface area contributed by atoms with Gasteiger partial charge in [0.25, 0.3) is 0 Å². The third-order valence-electron chi connectivity index (χ3n) is 7.86. The lowest BCUT2D eigenvalue weighted by Crippen LogP contribution is -1.84. The molecular weight excluding hydrogens is 1200 g/mol. The van der Waals surface area contributed by atoms with E-state index in [-0.39, 0.29) is 0 Å². The second kappa shape index (κ2) is 49.1. The molecule has 0 atom stereocenters. The van der Waals surface area contributed by atoms with Crippen molar-refractivity contribution in [2.75, 3.05) is 0 Å². The summed E-state index contributed by atoms with van der Waals surface area (Å²) in [6.07, 6.45) is 16.1. The van der Waals surface area contributed by atoms with E-state index >= 15 is 0 Å². The molecule has 0 fully saturated rings. The molecule has 84 heavy (non-hydrogen) atoms. The Labute approximate surface area is 510 Å². The minimum absolute atomic E-state index is 0.606. The summed E-state index contributed by atoms with van der Waals surface area (Å²) in [4.78, 5) is 25.1. The lowest BCUT2D eigenvalue weighted by molar-refractivity contribution is 0.304. The van der Waals surface area contributed by atoms with Gasteiger partial charge in [0.2, 0.25) is 36.4 Å². The minimum Gasteiger partial charge on any atom is -0.428 e. The Morgan fingerprint density at radius 3 is 1.33 bits per heavy atom. The maximum atomic E-state index is 4.86. The van der Waals surface area contributed by atoms with Gasteiger partial charge in [0.15, 0.2) is 12.2 Å². The Morgan fingerprint density at radius 2 is 1.19 bits per heavy atom. The number of hydrogen-bond acceptors (Lipinski definition) is 35. The van der Waals surface area contributed by atoms with Crippen LogP contribution in [0.4, 0.5) is 0 Å².